The molecule has 1 aromatic rings. The van der Waals surface area contributed by atoms with E-state index in [1.54, 1.807) is 22.5 Å². The molecular formula is C13H17Cl2NO2S. The largest absolute Gasteiger partial charge is 0.218 e. The molecule has 0 N–H and O–H groups in total. The molecule has 0 radical (unpaired) electrons. The fraction of sp³-hybridized carbons (Fsp3) is 0.538. The van der Waals surface area contributed by atoms with Crippen LogP contribution in [0.1, 0.15) is 25.3 Å². The van der Waals surface area contributed by atoms with Crippen LogP contribution in [0.3, 0.4) is 0 Å². The minimum Gasteiger partial charge on any atom is -0.212 e. The van der Waals surface area contributed by atoms with Crippen LogP contribution in [0.5, 0.6) is 0 Å². The molecular weight excluding hydrogens is 305 g/mol. The molecule has 0 unspecified atom stereocenters. The maximum absolute atomic E-state index is 12.3. The zero-order valence-electron chi connectivity index (χ0n) is 10.8. The van der Waals surface area contributed by atoms with Crippen LogP contribution >= 0.6 is 23.2 Å². The number of benzene rings is 1. The maximum atomic E-state index is 12.3. The van der Waals surface area contributed by atoms with Crippen molar-refractivity contribution in [1.82, 2.24) is 4.31 Å². The van der Waals surface area contributed by atoms with E-state index in [1.165, 1.54) is 0 Å². The van der Waals surface area contributed by atoms with E-state index in [2.05, 4.69) is 6.92 Å². The van der Waals surface area contributed by atoms with Crippen LogP contribution in [-0.2, 0) is 15.8 Å². The van der Waals surface area contributed by atoms with E-state index in [1.807, 2.05) is 0 Å². The number of nitrogens with zero attached hydrogens (tertiary/aromatic N) is 1. The van der Waals surface area contributed by atoms with E-state index in [9.17, 15) is 8.42 Å². The predicted molar refractivity (Wildman–Crippen MR) is 79.1 cm³/mol. The molecule has 0 atom stereocenters. The predicted octanol–water partition coefficient (Wildman–Crippen LogP) is 3.56. The van der Waals surface area contributed by atoms with Gasteiger partial charge in [0.1, 0.15) is 0 Å². The van der Waals surface area contributed by atoms with Crippen molar-refractivity contribution in [2.75, 3.05) is 13.1 Å². The summed E-state index contributed by atoms with van der Waals surface area (Å²) < 4.78 is 26.2. The summed E-state index contributed by atoms with van der Waals surface area (Å²) in [6, 6.07) is 4.96. The normalized spacial score (nSPS) is 18.7. The lowest BCUT2D eigenvalue weighted by Gasteiger charge is -2.29. The molecule has 0 saturated carbocycles. The van der Waals surface area contributed by atoms with Gasteiger partial charge in [0.2, 0.25) is 10.0 Å². The van der Waals surface area contributed by atoms with E-state index in [0.29, 0.717) is 34.6 Å². The Bertz CT molecular complexity index is 552. The summed E-state index contributed by atoms with van der Waals surface area (Å²) in [6.45, 7) is 3.39. The minimum atomic E-state index is -3.26. The van der Waals surface area contributed by atoms with Crippen LogP contribution < -0.4 is 0 Å². The Morgan fingerprint density at radius 3 is 2.42 bits per heavy atom. The van der Waals surface area contributed by atoms with Crippen LogP contribution in [0.2, 0.25) is 10.0 Å². The van der Waals surface area contributed by atoms with E-state index in [-0.39, 0.29) is 5.75 Å². The standard InChI is InChI=1S/C13H17Cl2NO2S/c1-10-4-6-16(7-5-10)19(17,18)9-11-2-3-12(14)13(15)8-11/h2-3,8,10H,4-7,9H2,1H3. The smallest absolute Gasteiger partial charge is 0.212 e. The van der Waals surface area contributed by atoms with E-state index < -0.39 is 10.0 Å². The highest BCUT2D eigenvalue weighted by molar-refractivity contribution is 7.88. The summed E-state index contributed by atoms with van der Waals surface area (Å²) in [4.78, 5) is 0. The third kappa shape index (κ3) is 3.85. The molecule has 1 aromatic carbocycles. The maximum Gasteiger partial charge on any atom is 0.218 e. The van der Waals surface area contributed by atoms with Gasteiger partial charge in [-0.2, -0.15) is 0 Å². The zero-order valence-corrected chi connectivity index (χ0v) is 13.1. The van der Waals surface area contributed by atoms with Gasteiger partial charge in [-0.05, 0) is 36.5 Å². The molecule has 19 heavy (non-hydrogen) atoms. The fourth-order valence-electron chi connectivity index (χ4n) is 2.19. The highest BCUT2D eigenvalue weighted by atomic mass is 35.5. The van der Waals surface area contributed by atoms with Gasteiger partial charge < -0.3 is 0 Å². The summed E-state index contributed by atoms with van der Waals surface area (Å²) in [5.41, 5.74) is 0.674. The molecule has 1 aliphatic rings. The first-order valence-electron chi connectivity index (χ1n) is 6.30. The summed E-state index contributed by atoms with van der Waals surface area (Å²) in [5.74, 6) is 0.592. The summed E-state index contributed by atoms with van der Waals surface area (Å²) in [6.07, 6.45) is 1.86. The molecule has 106 valence electrons. The first kappa shape index (κ1) is 15.1. The van der Waals surface area contributed by atoms with Crippen molar-refractivity contribution < 1.29 is 8.42 Å². The number of halogens is 2. The quantitative estimate of drug-likeness (QED) is 0.853. The van der Waals surface area contributed by atoms with Gasteiger partial charge in [0.05, 0.1) is 15.8 Å². The lowest BCUT2D eigenvalue weighted by molar-refractivity contribution is 0.287. The highest BCUT2D eigenvalue weighted by Crippen LogP contribution is 2.25. The van der Waals surface area contributed by atoms with Gasteiger partial charge in [-0.3, -0.25) is 0 Å². The Hall–Kier alpha value is -0.290. The minimum absolute atomic E-state index is 0.0156. The van der Waals surface area contributed by atoms with Crippen molar-refractivity contribution in [2.45, 2.75) is 25.5 Å². The van der Waals surface area contributed by atoms with E-state index in [0.717, 1.165) is 12.8 Å². The first-order chi connectivity index (χ1) is 8.88. The van der Waals surface area contributed by atoms with Gasteiger partial charge in [-0.25, -0.2) is 12.7 Å². The second-order valence-electron chi connectivity index (χ2n) is 5.09. The second-order valence-corrected chi connectivity index (χ2v) is 7.87. The summed E-state index contributed by atoms with van der Waals surface area (Å²) in [5, 5.41) is 0.830. The first-order valence-corrected chi connectivity index (χ1v) is 8.67. The Morgan fingerprint density at radius 2 is 1.84 bits per heavy atom. The molecule has 3 nitrogen and oxygen atoms in total. The van der Waals surface area contributed by atoms with Crippen molar-refractivity contribution >= 4 is 33.2 Å². The fourth-order valence-corrected chi connectivity index (χ4v) is 4.07. The Balaban J connectivity index is 2.10. The average Bonchev–Trinajstić information content (AvgIpc) is 2.34. The van der Waals surface area contributed by atoms with Crippen LogP contribution in [0.15, 0.2) is 18.2 Å². The lowest BCUT2D eigenvalue weighted by Crippen LogP contribution is -2.38. The summed E-state index contributed by atoms with van der Waals surface area (Å²) >= 11 is 11.7. The Labute approximate surface area is 124 Å². The molecule has 0 aliphatic carbocycles. The van der Waals surface area contributed by atoms with Crippen molar-refractivity contribution in [1.29, 1.82) is 0 Å². The zero-order chi connectivity index (χ0) is 14.0. The third-order valence-electron chi connectivity index (χ3n) is 3.47. The van der Waals surface area contributed by atoms with Gasteiger partial charge in [0, 0.05) is 13.1 Å². The number of rotatable bonds is 3. The molecule has 2 rings (SSSR count). The van der Waals surface area contributed by atoms with Crippen molar-refractivity contribution in [2.24, 2.45) is 5.92 Å². The average molecular weight is 322 g/mol. The highest BCUT2D eigenvalue weighted by Gasteiger charge is 2.26. The SMILES string of the molecule is CC1CCN(S(=O)(=O)Cc2ccc(Cl)c(Cl)c2)CC1. The van der Waals surface area contributed by atoms with Gasteiger partial charge >= 0.3 is 0 Å². The van der Waals surface area contributed by atoms with Crippen LogP contribution in [-0.4, -0.2) is 25.8 Å². The van der Waals surface area contributed by atoms with Crippen LogP contribution in [0.25, 0.3) is 0 Å². The van der Waals surface area contributed by atoms with E-state index >= 15 is 0 Å². The molecule has 0 aromatic heterocycles. The molecule has 6 heteroatoms. The van der Waals surface area contributed by atoms with Gasteiger partial charge in [-0.1, -0.05) is 36.2 Å². The topological polar surface area (TPSA) is 37.4 Å². The number of sulfonamides is 1. The van der Waals surface area contributed by atoms with Crippen molar-refractivity contribution in [3.8, 4) is 0 Å². The number of hydrogen-bond donors (Lipinski definition) is 0. The molecule has 1 aliphatic heterocycles. The Kier molecular flexibility index (Phi) is 4.77. The van der Waals surface area contributed by atoms with E-state index in [4.69, 9.17) is 23.2 Å². The van der Waals surface area contributed by atoms with Gasteiger partial charge in [0.15, 0.2) is 0 Å². The molecule has 0 amide bonds. The van der Waals surface area contributed by atoms with Gasteiger partial charge in [-0.15, -0.1) is 0 Å². The van der Waals surface area contributed by atoms with Crippen LogP contribution in [0, 0.1) is 5.92 Å². The third-order valence-corrected chi connectivity index (χ3v) is 6.06. The lowest BCUT2D eigenvalue weighted by atomic mass is 10.0. The van der Waals surface area contributed by atoms with Crippen molar-refractivity contribution in [3.05, 3.63) is 33.8 Å². The second kappa shape index (κ2) is 6.00. The number of hydrogen-bond acceptors (Lipinski definition) is 2. The number of piperidine rings is 1. The molecule has 1 fully saturated rings. The molecule has 0 bridgehead atoms. The van der Waals surface area contributed by atoms with Crippen LogP contribution in [0.4, 0.5) is 0 Å². The molecule has 1 saturated heterocycles. The monoisotopic (exact) mass is 321 g/mol. The molecule has 1 heterocycles. The van der Waals surface area contributed by atoms with Crippen molar-refractivity contribution in [3.63, 3.8) is 0 Å². The van der Waals surface area contributed by atoms with Gasteiger partial charge in [0.25, 0.3) is 0 Å². The molecule has 0 spiro atoms. The Morgan fingerprint density at radius 1 is 1.21 bits per heavy atom. The summed E-state index contributed by atoms with van der Waals surface area (Å²) in [7, 11) is -3.26.